The van der Waals surface area contributed by atoms with Gasteiger partial charge in [-0.3, -0.25) is 19.9 Å². The Balaban J connectivity index is 1.13. The smallest absolute Gasteiger partial charge is 0.0992 e. The van der Waals surface area contributed by atoms with Gasteiger partial charge in [0.2, 0.25) is 0 Å². The van der Waals surface area contributed by atoms with Crippen molar-refractivity contribution in [1.29, 1.82) is 10.5 Å². The molecule has 10 rings (SSSR count). The minimum Gasteiger partial charge on any atom is -0.255 e. The Morgan fingerprint density at radius 1 is 0.377 bits per heavy atom. The molecule has 6 heteroatoms. The fraction of sp³-hybridized carbons (Fsp3) is 0.0213. The largest absolute Gasteiger partial charge is 0.255 e. The fourth-order valence-electron chi connectivity index (χ4n) is 8.21. The average Bonchev–Trinajstić information content (AvgIpc) is 3.70. The molecule has 4 heterocycles. The third-order valence-corrected chi connectivity index (χ3v) is 10.6. The first kappa shape index (κ1) is 30.3. The van der Waals surface area contributed by atoms with Gasteiger partial charge in [0.25, 0.3) is 0 Å². The van der Waals surface area contributed by atoms with E-state index < -0.39 is 5.41 Å². The predicted octanol–water partition coefficient (Wildman–Crippen LogP) is 10.0. The van der Waals surface area contributed by atoms with Crippen molar-refractivity contribution >= 4 is 0 Å². The number of fused-ring (bicyclic) bond motifs is 10. The number of hydrogen-bond donors (Lipinski definition) is 0. The molecule has 1 spiro atoms. The monoisotopic (exact) mass is 674 g/mol. The molecule has 0 N–H and O–H groups in total. The summed E-state index contributed by atoms with van der Waals surface area (Å²) < 4.78 is 0. The van der Waals surface area contributed by atoms with Gasteiger partial charge in [0.15, 0.2) is 0 Å². The van der Waals surface area contributed by atoms with E-state index in [0.717, 1.165) is 33.6 Å². The summed E-state index contributed by atoms with van der Waals surface area (Å²) in [5.74, 6) is 0. The molecule has 53 heavy (non-hydrogen) atoms. The summed E-state index contributed by atoms with van der Waals surface area (Å²) in [7, 11) is 0. The maximum Gasteiger partial charge on any atom is 0.0992 e. The maximum atomic E-state index is 9.38. The number of rotatable bonds is 4. The Morgan fingerprint density at radius 2 is 0.811 bits per heavy atom. The molecule has 2 aliphatic carbocycles. The molecule has 0 fully saturated rings. The second kappa shape index (κ2) is 11.8. The second-order valence-corrected chi connectivity index (χ2v) is 13.3. The molecule has 0 aliphatic heterocycles. The van der Waals surface area contributed by atoms with Gasteiger partial charge in [-0.2, -0.15) is 10.5 Å². The van der Waals surface area contributed by atoms with E-state index in [1.54, 1.807) is 36.7 Å². The topological polar surface area (TPSA) is 99.1 Å². The molecule has 6 nitrogen and oxygen atoms in total. The number of aromatic nitrogens is 4. The highest BCUT2D eigenvalue weighted by Gasteiger charge is 2.51. The fourth-order valence-corrected chi connectivity index (χ4v) is 8.21. The first-order valence-corrected chi connectivity index (χ1v) is 17.3. The lowest BCUT2D eigenvalue weighted by Crippen LogP contribution is -2.26. The van der Waals surface area contributed by atoms with Crippen LogP contribution in [0.5, 0.6) is 0 Å². The van der Waals surface area contributed by atoms with Crippen LogP contribution in [0.15, 0.2) is 158 Å². The Bertz CT molecular complexity index is 2660. The maximum absolute atomic E-state index is 9.38. The van der Waals surface area contributed by atoms with E-state index in [2.05, 4.69) is 119 Å². The molecule has 0 saturated heterocycles. The van der Waals surface area contributed by atoms with Gasteiger partial charge in [-0.15, -0.1) is 0 Å². The van der Waals surface area contributed by atoms with E-state index in [4.69, 9.17) is 9.97 Å². The van der Waals surface area contributed by atoms with Gasteiger partial charge < -0.3 is 0 Å². The van der Waals surface area contributed by atoms with Gasteiger partial charge in [0.05, 0.1) is 51.5 Å². The van der Waals surface area contributed by atoms with Crippen molar-refractivity contribution < 1.29 is 0 Å². The molecular formula is C47H26N6. The van der Waals surface area contributed by atoms with Crippen LogP contribution in [-0.2, 0) is 5.41 Å². The molecule has 4 aromatic carbocycles. The molecule has 0 bridgehead atoms. The van der Waals surface area contributed by atoms with Crippen molar-refractivity contribution in [3.05, 3.63) is 192 Å². The quantitative estimate of drug-likeness (QED) is 0.184. The van der Waals surface area contributed by atoms with E-state index >= 15 is 0 Å². The summed E-state index contributed by atoms with van der Waals surface area (Å²) in [5, 5.41) is 18.8. The summed E-state index contributed by atoms with van der Waals surface area (Å²) in [6, 6.07) is 50.6. The normalized spacial score (nSPS) is 12.6. The lowest BCUT2D eigenvalue weighted by Gasteiger charge is -2.31. The van der Waals surface area contributed by atoms with Crippen LogP contribution < -0.4 is 0 Å². The molecule has 4 aromatic heterocycles. The predicted molar refractivity (Wildman–Crippen MR) is 205 cm³/mol. The highest BCUT2D eigenvalue weighted by molar-refractivity contribution is 5.96. The Labute approximate surface area is 306 Å². The highest BCUT2D eigenvalue weighted by Crippen LogP contribution is 2.63. The lowest BCUT2D eigenvalue weighted by atomic mass is 9.70. The van der Waals surface area contributed by atoms with Gasteiger partial charge >= 0.3 is 0 Å². The number of pyridine rings is 4. The number of benzene rings is 4. The van der Waals surface area contributed by atoms with Crippen molar-refractivity contribution in [3.8, 4) is 79.4 Å². The zero-order valence-electron chi connectivity index (χ0n) is 28.2. The summed E-state index contributed by atoms with van der Waals surface area (Å²) >= 11 is 0. The number of nitriles is 2. The van der Waals surface area contributed by atoms with Crippen LogP contribution in [0, 0.1) is 22.7 Å². The third kappa shape index (κ3) is 4.57. The molecule has 8 aromatic rings. The summed E-state index contributed by atoms with van der Waals surface area (Å²) in [6.45, 7) is 0. The minimum atomic E-state index is -0.534. The van der Waals surface area contributed by atoms with Crippen LogP contribution in [0.4, 0.5) is 0 Å². The average molecular weight is 675 g/mol. The first-order chi connectivity index (χ1) is 26.1. The van der Waals surface area contributed by atoms with Gasteiger partial charge in [0.1, 0.15) is 0 Å². The number of nitrogens with zero attached hydrogens (tertiary/aromatic N) is 6. The van der Waals surface area contributed by atoms with Crippen molar-refractivity contribution in [1.82, 2.24) is 19.9 Å². The first-order valence-electron chi connectivity index (χ1n) is 17.3. The molecule has 2 aliphatic rings. The van der Waals surface area contributed by atoms with E-state index in [0.29, 0.717) is 22.5 Å². The van der Waals surface area contributed by atoms with Gasteiger partial charge in [-0.1, -0.05) is 84.9 Å². The molecule has 0 radical (unpaired) electrons. The molecule has 0 unspecified atom stereocenters. The van der Waals surface area contributed by atoms with Gasteiger partial charge in [0, 0.05) is 35.9 Å². The second-order valence-electron chi connectivity index (χ2n) is 13.3. The SMILES string of the molecule is N#Cc1ccnc(-c2ccc(-c3ccc4c(c3)C3(c5ccccc5-c5ccccc53)c3cc(-c5ccc(-c6cc(C#N)ccn6)nc5)ccc3-4)cn2)c1. The Morgan fingerprint density at radius 3 is 1.25 bits per heavy atom. The lowest BCUT2D eigenvalue weighted by molar-refractivity contribution is 0.794. The van der Waals surface area contributed by atoms with E-state index in [-0.39, 0.29) is 0 Å². The van der Waals surface area contributed by atoms with E-state index in [1.165, 1.54) is 44.5 Å². The van der Waals surface area contributed by atoms with Crippen LogP contribution in [0.2, 0.25) is 0 Å². The minimum absolute atomic E-state index is 0.534. The molecule has 244 valence electrons. The van der Waals surface area contributed by atoms with Crippen molar-refractivity contribution in [2.45, 2.75) is 5.41 Å². The van der Waals surface area contributed by atoms with Crippen molar-refractivity contribution in [2.24, 2.45) is 0 Å². The van der Waals surface area contributed by atoms with Crippen LogP contribution in [0.25, 0.3) is 67.3 Å². The van der Waals surface area contributed by atoms with Gasteiger partial charge in [-0.25, -0.2) is 0 Å². The van der Waals surface area contributed by atoms with Crippen molar-refractivity contribution in [2.75, 3.05) is 0 Å². The molecule has 0 atom stereocenters. The van der Waals surface area contributed by atoms with Crippen LogP contribution in [-0.4, -0.2) is 19.9 Å². The van der Waals surface area contributed by atoms with Crippen LogP contribution >= 0.6 is 0 Å². The summed E-state index contributed by atoms with van der Waals surface area (Å²) in [5.41, 5.74) is 17.4. The van der Waals surface area contributed by atoms with E-state index in [9.17, 15) is 10.5 Å². The Hall–Kier alpha value is -7.54. The van der Waals surface area contributed by atoms with Crippen LogP contribution in [0.3, 0.4) is 0 Å². The zero-order chi connectivity index (χ0) is 35.5. The molecule has 0 saturated carbocycles. The Kier molecular flexibility index (Phi) is 6.73. The van der Waals surface area contributed by atoms with Gasteiger partial charge in [-0.05, 0) is 104 Å². The number of hydrogen-bond acceptors (Lipinski definition) is 6. The third-order valence-electron chi connectivity index (χ3n) is 10.6. The summed E-state index contributed by atoms with van der Waals surface area (Å²) in [6.07, 6.45) is 7.07. The highest BCUT2D eigenvalue weighted by atomic mass is 14.8. The van der Waals surface area contributed by atoms with Crippen LogP contribution in [0.1, 0.15) is 33.4 Å². The molecule has 0 amide bonds. The van der Waals surface area contributed by atoms with E-state index in [1.807, 2.05) is 24.5 Å². The molecular weight excluding hydrogens is 649 g/mol. The van der Waals surface area contributed by atoms with Crippen molar-refractivity contribution in [3.63, 3.8) is 0 Å². The standard InChI is InChI=1S/C47H26N6/c48-25-29-17-19-50-45(21-29)43-15-11-33(27-52-43)31-9-13-37-38-14-10-32(34-12-16-44(53-28-34)46-22-30(26-49)18-20-51-46)24-42(38)47(41(37)23-31)39-7-3-1-5-35(39)36-6-2-4-8-40(36)47/h1-24,27-28H. The zero-order valence-corrected chi connectivity index (χ0v) is 28.2. The summed E-state index contributed by atoms with van der Waals surface area (Å²) in [4.78, 5) is 18.4.